The van der Waals surface area contributed by atoms with Crippen molar-refractivity contribution in [1.82, 2.24) is 9.80 Å². The molecule has 50 heavy (non-hydrogen) atoms. The number of aliphatic hydroxyl groups is 1. The third-order valence-electron chi connectivity index (χ3n) is 8.65. The van der Waals surface area contributed by atoms with E-state index in [0.29, 0.717) is 42.5 Å². The minimum Gasteiger partial charge on any atom is -0.490 e. The fourth-order valence-electron chi connectivity index (χ4n) is 5.76. The van der Waals surface area contributed by atoms with Crippen LogP contribution in [0.4, 0.5) is 18.9 Å². The summed E-state index contributed by atoms with van der Waals surface area (Å²) in [6.45, 7) is 6.71. The van der Waals surface area contributed by atoms with Crippen LogP contribution in [-0.4, -0.2) is 80.8 Å². The van der Waals surface area contributed by atoms with E-state index in [1.54, 1.807) is 13.0 Å². The van der Waals surface area contributed by atoms with Gasteiger partial charge >= 0.3 is 6.18 Å². The molecule has 4 rings (SSSR count). The molecular weight excluding hydrogens is 695 g/mol. The molecule has 2 N–H and O–H groups in total. The number of fused-ring (bicyclic) bond motifs is 1. The van der Waals surface area contributed by atoms with Crippen LogP contribution in [0.5, 0.6) is 5.75 Å². The number of benzene rings is 3. The van der Waals surface area contributed by atoms with E-state index in [1.165, 1.54) is 53.4 Å². The number of likely N-dealkylation sites (N-methyl/N-ethyl adjacent to an activating group) is 1. The van der Waals surface area contributed by atoms with Gasteiger partial charge in [-0.25, -0.2) is 8.42 Å². The molecular formula is C36H45ClF3N3O6S. The van der Waals surface area contributed by atoms with Crippen LogP contribution in [0.25, 0.3) is 0 Å². The van der Waals surface area contributed by atoms with Crippen molar-refractivity contribution in [2.24, 2.45) is 5.92 Å². The molecule has 0 fully saturated rings. The molecule has 0 unspecified atom stereocenters. The van der Waals surface area contributed by atoms with Crippen LogP contribution < -0.4 is 9.46 Å². The van der Waals surface area contributed by atoms with E-state index < -0.39 is 33.7 Å². The number of ether oxygens (including phenoxy) is 2. The van der Waals surface area contributed by atoms with Gasteiger partial charge in [0.25, 0.3) is 15.9 Å². The molecule has 3 aromatic rings. The van der Waals surface area contributed by atoms with Crippen LogP contribution >= 0.6 is 11.6 Å². The number of sulfonamides is 1. The van der Waals surface area contributed by atoms with Crippen LogP contribution in [0.2, 0.25) is 5.02 Å². The fraction of sp³-hybridized carbons (Fsp3) is 0.472. The highest BCUT2D eigenvalue weighted by molar-refractivity contribution is 7.92. The topological polar surface area (TPSA) is 108 Å². The average Bonchev–Trinajstić information content (AvgIpc) is 3.06. The molecule has 1 heterocycles. The van der Waals surface area contributed by atoms with Gasteiger partial charge in [-0.3, -0.25) is 14.4 Å². The third-order valence-corrected chi connectivity index (χ3v) is 10.3. The smallest absolute Gasteiger partial charge is 0.416 e. The summed E-state index contributed by atoms with van der Waals surface area (Å²) in [5.41, 5.74) is 0.296. The van der Waals surface area contributed by atoms with Crippen molar-refractivity contribution in [3.63, 3.8) is 0 Å². The van der Waals surface area contributed by atoms with Gasteiger partial charge in [-0.1, -0.05) is 30.7 Å². The quantitative estimate of drug-likeness (QED) is 0.241. The van der Waals surface area contributed by atoms with Crippen molar-refractivity contribution in [3.05, 3.63) is 88.4 Å². The Bertz CT molecular complexity index is 1680. The minimum absolute atomic E-state index is 0.00290. The summed E-state index contributed by atoms with van der Waals surface area (Å²) in [7, 11) is -2.15. The maximum atomic E-state index is 14.4. The van der Waals surface area contributed by atoms with Crippen LogP contribution in [0.3, 0.4) is 0 Å². The Balaban J connectivity index is 1.61. The predicted octanol–water partition coefficient (Wildman–Crippen LogP) is 7.09. The zero-order valence-corrected chi connectivity index (χ0v) is 30.2. The number of carbonyl (C=O) groups is 1. The summed E-state index contributed by atoms with van der Waals surface area (Å²) in [6, 6.07) is 14.7. The monoisotopic (exact) mass is 739 g/mol. The lowest BCUT2D eigenvalue weighted by Gasteiger charge is -2.36. The Morgan fingerprint density at radius 3 is 2.38 bits per heavy atom. The van der Waals surface area contributed by atoms with Gasteiger partial charge in [-0.2, -0.15) is 13.2 Å². The second-order valence-corrected chi connectivity index (χ2v) is 15.1. The molecule has 0 radical (unpaired) electrons. The molecule has 0 saturated heterocycles. The highest BCUT2D eigenvalue weighted by Gasteiger charge is 2.32. The van der Waals surface area contributed by atoms with Gasteiger partial charge in [0.15, 0.2) is 0 Å². The molecule has 4 atom stereocenters. The second kappa shape index (κ2) is 17.2. The summed E-state index contributed by atoms with van der Waals surface area (Å²) in [6.07, 6.45) is -2.82. The molecule has 1 aliphatic rings. The Morgan fingerprint density at radius 2 is 1.74 bits per heavy atom. The van der Waals surface area contributed by atoms with Crippen molar-refractivity contribution in [1.29, 1.82) is 0 Å². The van der Waals surface area contributed by atoms with Gasteiger partial charge in [-0.15, -0.1) is 0 Å². The predicted molar refractivity (Wildman–Crippen MR) is 187 cm³/mol. The van der Waals surface area contributed by atoms with Gasteiger partial charge in [0, 0.05) is 42.9 Å². The van der Waals surface area contributed by atoms with Crippen molar-refractivity contribution < 1.29 is 41.0 Å². The summed E-state index contributed by atoms with van der Waals surface area (Å²) in [5.74, 6) is -0.399. The number of amides is 1. The van der Waals surface area contributed by atoms with E-state index in [2.05, 4.69) is 4.72 Å². The van der Waals surface area contributed by atoms with Crippen LogP contribution in [-0.2, 0) is 27.5 Å². The lowest BCUT2D eigenvalue weighted by atomic mass is 10.0. The molecule has 1 amide bonds. The second-order valence-electron chi connectivity index (χ2n) is 13.0. The highest BCUT2D eigenvalue weighted by Crippen LogP contribution is 2.31. The third kappa shape index (κ3) is 10.8. The number of rotatable bonds is 9. The number of nitrogens with zero attached hydrogens (tertiary/aromatic N) is 2. The summed E-state index contributed by atoms with van der Waals surface area (Å²) in [5, 5.41) is 10.6. The Hall–Kier alpha value is -3.36. The Kier molecular flexibility index (Phi) is 13.6. The number of nitrogens with one attached hydrogen (secondary N) is 1. The molecule has 1 aliphatic heterocycles. The summed E-state index contributed by atoms with van der Waals surface area (Å²) < 4.78 is 80.7. The van der Waals surface area contributed by atoms with Gasteiger partial charge in [0.05, 0.1) is 40.9 Å². The molecule has 0 saturated carbocycles. The first-order valence-electron chi connectivity index (χ1n) is 16.5. The molecule has 14 heteroatoms. The van der Waals surface area contributed by atoms with E-state index in [0.717, 1.165) is 25.0 Å². The number of aliphatic hydroxyl groups excluding tert-OH is 1. The van der Waals surface area contributed by atoms with E-state index in [4.69, 9.17) is 21.1 Å². The molecule has 0 aliphatic carbocycles. The Morgan fingerprint density at radius 1 is 1.06 bits per heavy atom. The minimum atomic E-state index is -4.41. The zero-order chi connectivity index (χ0) is 36.6. The lowest BCUT2D eigenvalue weighted by molar-refractivity contribution is -0.137. The van der Waals surface area contributed by atoms with Crippen molar-refractivity contribution in [2.45, 2.75) is 75.9 Å². The van der Waals surface area contributed by atoms with Crippen molar-refractivity contribution >= 4 is 33.2 Å². The number of anilines is 1. The zero-order valence-electron chi connectivity index (χ0n) is 28.6. The van der Waals surface area contributed by atoms with Gasteiger partial charge in [0.1, 0.15) is 5.75 Å². The first-order valence-corrected chi connectivity index (χ1v) is 18.4. The summed E-state index contributed by atoms with van der Waals surface area (Å²) in [4.78, 5) is 17.9. The van der Waals surface area contributed by atoms with Crippen molar-refractivity contribution in [3.8, 4) is 5.75 Å². The molecule has 0 aromatic heterocycles. The van der Waals surface area contributed by atoms with Crippen LogP contribution in [0.1, 0.15) is 61.5 Å². The van der Waals surface area contributed by atoms with E-state index in [-0.39, 0.29) is 47.4 Å². The molecule has 274 valence electrons. The van der Waals surface area contributed by atoms with Gasteiger partial charge in [-0.05, 0) is 100 Å². The molecule has 9 nitrogen and oxygen atoms in total. The highest BCUT2D eigenvalue weighted by atomic mass is 35.5. The van der Waals surface area contributed by atoms with Gasteiger partial charge < -0.3 is 19.5 Å². The van der Waals surface area contributed by atoms with Crippen LogP contribution in [0.15, 0.2) is 71.6 Å². The normalized spacial score (nSPS) is 20.5. The van der Waals surface area contributed by atoms with E-state index >= 15 is 0 Å². The average molecular weight is 740 g/mol. The summed E-state index contributed by atoms with van der Waals surface area (Å²) >= 11 is 5.94. The first-order chi connectivity index (χ1) is 23.6. The number of alkyl halides is 3. The fourth-order valence-corrected chi connectivity index (χ4v) is 6.93. The van der Waals surface area contributed by atoms with E-state index in [9.17, 15) is 31.5 Å². The maximum Gasteiger partial charge on any atom is 0.416 e. The first kappa shape index (κ1) is 39.4. The van der Waals surface area contributed by atoms with Crippen molar-refractivity contribution in [2.75, 3.05) is 38.1 Å². The number of carbonyl (C=O) groups excluding carboxylic acids is 1. The SMILES string of the molecule is C[C@@H]1CCCCO[C@H](CN(C)Cc2ccc(C(F)(F)F)cc2)[C@H](C)CN([C@@H](C)CO)C(=O)c2cc(NS(=O)(=O)c3ccc(Cl)cc3)ccc2O1. The van der Waals surface area contributed by atoms with Gasteiger partial charge in [0.2, 0.25) is 0 Å². The van der Waals surface area contributed by atoms with Crippen LogP contribution in [0, 0.1) is 5.92 Å². The standard InChI is InChI=1S/C36H45ClF3N3O6S/c1-24-20-43(25(2)23-44)35(45)32-19-30(41-50(46,47)31-15-12-29(37)13-16-31)14-17-33(32)49-26(3)7-5-6-18-48-34(24)22-42(4)21-27-8-10-28(11-9-27)36(38,39)40/h8-17,19,24-26,34,41,44H,5-7,18,20-23H2,1-4H3/t24-,25+,26-,34-/m1/s1. The molecule has 3 aromatic carbocycles. The number of hydrogen-bond acceptors (Lipinski definition) is 7. The molecule has 0 spiro atoms. The number of hydrogen-bond donors (Lipinski definition) is 2. The molecule has 0 bridgehead atoms. The Labute approximate surface area is 297 Å². The number of halogens is 4. The lowest BCUT2D eigenvalue weighted by Crippen LogP contribution is -2.47. The van der Waals surface area contributed by atoms with E-state index in [1.807, 2.05) is 25.8 Å². The largest absolute Gasteiger partial charge is 0.490 e. The maximum absolute atomic E-state index is 14.4.